The van der Waals surface area contributed by atoms with Crippen molar-refractivity contribution in [1.82, 2.24) is 0 Å². The monoisotopic (exact) mass is 983 g/mol. The summed E-state index contributed by atoms with van der Waals surface area (Å²) in [5, 5.41) is 0. The minimum atomic E-state index is -0.866. The van der Waals surface area contributed by atoms with E-state index in [4.69, 9.17) is 14.2 Å². The van der Waals surface area contributed by atoms with Crippen LogP contribution in [0.3, 0.4) is 0 Å². The number of carbonyl (C=O) groups is 3. The van der Waals surface area contributed by atoms with Crippen molar-refractivity contribution in [2.45, 2.75) is 175 Å². The van der Waals surface area contributed by atoms with E-state index in [0.717, 1.165) is 109 Å². The van der Waals surface area contributed by atoms with Gasteiger partial charge in [-0.05, 0) is 116 Å². The van der Waals surface area contributed by atoms with Crippen molar-refractivity contribution < 1.29 is 28.6 Å². The second kappa shape index (κ2) is 57.6. The Morgan fingerprint density at radius 2 is 0.597 bits per heavy atom. The Hall–Kier alpha value is -6.01. The molecule has 0 radical (unpaired) electrons. The molecule has 0 saturated carbocycles. The van der Waals surface area contributed by atoms with Crippen molar-refractivity contribution in [2.24, 2.45) is 0 Å². The molecule has 6 nitrogen and oxygen atoms in total. The van der Waals surface area contributed by atoms with Gasteiger partial charge in [-0.1, -0.05) is 240 Å². The van der Waals surface area contributed by atoms with Crippen molar-refractivity contribution in [3.8, 4) is 0 Å². The zero-order valence-corrected chi connectivity index (χ0v) is 44.8. The lowest BCUT2D eigenvalue weighted by atomic mass is 10.1. The van der Waals surface area contributed by atoms with Gasteiger partial charge in [0.25, 0.3) is 0 Å². The smallest absolute Gasteiger partial charge is 0.306 e. The highest BCUT2D eigenvalue weighted by Crippen LogP contribution is 2.10. The van der Waals surface area contributed by atoms with E-state index < -0.39 is 12.1 Å². The minimum Gasteiger partial charge on any atom is -0.462 e. The number of hydrogen-bond donors (Lipinski definition) is 0. The lowest BCUT2D eigenvalue weighted by Crippen LogP contribution is -2.30. The van der Waals surface area contributed by atoms with Gasteiger partial charge in [0.15, 0.2) is 6.10 Å². The summed E-state index contributed by atoms with van der Waals surface area (Å²) in [6, 6.07) is 0. The van der Waals surface area contributed by atoms with Gasteiger partial charge in [0.2, 0.25) is 0 Å². The Labute approximate surface area is 439 Å². The van der Waals surface area contributed by atoms with Crippen molar-refractivity contribution in [3.05, 3.63) is 207 Å². The van der Waals surface area contributed by atoms with Crippen LogP contribution in [0.4, 0.5) is 0 Å². The maximum atomic E-state index is 12.8. The van der Waals surface area contributed by atoms with Crippen LogP contribution in [0.1, 0.15) is 168 Å². The average molecular weight is 983 g/mol. The molecule has 1 atom stereocenters. The number of carbonyl (C=O) groups excluding carboxylic acids is 3. The van der Waals surface area contributed by atoms with Crippen LogP contribution in [0.15, 0.2) is 207 Å². The summed E-state index contributed by atoms with van der Waals surface area (Å²) in [6.07, 6.45) is 89.6. The highest BCUT2D eigenvalue weighted by atomic mass is 16.6. The van der Waals surface area contributed by atoms with Gasteiger partial charge in [-0.25, -0.2) is 0 Å². The van der Waals surface area contributed by atoms with Crippen molar-refractivity contribution in [2.75, 3.05) is 13.2 Å². The van der Waals surface area contributed by atoms with Gasteiger partial charge >= 0.3 is 17.9 Å². The van der Waals surface area contributed by atoms with Crippen LogP contribution >= 0.6 is 0 Å². The first-order valence-electron chi connectivity index (χ1n) is 27.2. The van der Waals surface area contributed by atoms with Crippen LogP contribution in [0, 0.1) is 0 Å². The third-order valence-electron chi connectivity index (χ3n) is 10.2. The highest BCUT2D eigenvalue weighted by Gasteiger charge is 2.19. The third-order valence-corrected chi connectivity index (χ3v) is 10.2. The first-order valence-corrected chi connectivity index (χ1v) is 27.2. The molecule has 0 N–H and O–H groups in total. The van der Waals surface area contributed by atoms with Gasteiger partial charge in [-0.2, -0.15) is 0 Å². The van der Waals surface area contributed by atoms with E-state index in [1.807, 2.05) is 85.1 Å². The molecule has 0 aliphatic carbocycles. The molecule has 72 heavy (non-hydrogen) atoms. The molecular weight excluding hydrogens is 889 g/mol. The van der Waals surface area contributed by atoms with Gasteiger partial charge in [0, 0.05) is 19.3 Å². The SMILES string of the molecule is CC\C=C/C=C\C=C/C=C\C=C\C=C/C=C\CCCCCC(=O)OCC(COC(=O)CCCCC/C=C\C/C=C\C/C=C\C/C=C\CC)OC(=O)CC/C=C\C/C=C\C/C=C\C/C=C\C/C=C\C/C=C\CC. The van der Waals surface area contributed by atoms with E-state index in [9.17, 15) is 14.4 Å². The van der Waals surface area contributed by atoms with Crippen LogP contribution in [0.5, 0.6) is 0 Å². The molecule has 0 aromatic rings. The molecule has 0 amide bonds. The first-order chi connectivity index (χ1) is 35.5. The molecule has 0 aliphatic heterocycles. The molecule has 0 rings (SSSR count). The van der Waals surface area contributed by atoms with Crippen LogP contribution in [0.25, 0.3) is 0 Å². The Balaban J connectivity index is 4.73. The molecule has 0 bridgehead atoms. The fourth-order valence-electron chi connectivity index (χ4n) is 6.26. The maximum absolute atomic E-state index is 12.8. The third kappa shape index (κ3) is 54.9. The Morgan fingerprint density at radius 1 is 0.292 bits per heavy atom. The first kappa shape index (κ1) is 66.0. The maximum Gasteiger partial charge on any atom is 0.306 e. The Morgan fingerprint density at radius 3 is 0.972 bits per heavy atom. The topological polar surface area (TPSA) is 78.9 Å². The van der Waals surface area contributed by atoms with Gasteiger partial charge in [-0.3, -0.25) is 14.4 Å². The fourth-order valence-corrected chi connectivity index (χ4v) is 6.26. The summed E-state index contributed by atoms with van der Waals surface area (Å²) in [4.78, 5) is 38.1. The molecule has 0 aromatic carbocycles. The Bertz CT molecular complexity index is 1840. The molecule has 0 aromatic heterocycles. The van der Waals surface area contributed by atoms with E-state index in [-0.39, 0.29) is 44.4 Å². The summed E-state index contributed by atoms with van der Waals surface area (Å²) in [7, 11) is 0. The van der Waals surface area contributed by atoms with Crippen molar-refractivity contribution in [1.29, 1.82) is 0 Å². The van der Waals surface area contributed by atoms with Crippen LogP contribution in [0.2, 0.25) is 0 Å². The minimum absolute atomic E-state index is 0.153. The molecule has 0 fully saturated rings. The highest BCUT2D eigenvalue weighted by molar-refractivity contribution is 5.71. The molecular formula is C66H94O6. The van der Waals surface area contributed by atoms with E-state index >= 15 is 0 Å². The number of hydrogen-bond acceptors (Lipinski definition) is 6. The van der Waals surface area contributed by atoms with Crippen molar-refractivity contribution >= 4 is 17.9 Å². The molecule has 394 valence electrons. The summed E-state index contributed by atoms with van der Waals surface area (Å²) in [5.41, 5.74) is 0. The summed E-state index contributed by atoms with van der Waals surface area (Å²) in [5.74, 6) is -1.13. The van der Waals surface area contributed by atoms with E-state index in [0.29, 0.717) is 19.3 Å². The van der Waals surface area contributed by atoms with Crippen LogP contribution in [-0.2, 0) is 28.6 Å². The largest absolute Gasteiger partial charge is 0.462 e. The molecule has 0 heterocycles. The van der Waals surface area contributed by atoms with Crippen LogP contribution in [-0.4, -0.2) is 37.2 Å². The average Bonchev–Trinajstić information content (AvgIpc) is 3.38. The van der Waals surface area contributed by atoms with E-state index in [1.54, 1.807) is 0 Å². The normalized spacial score (nSPS) is 13.8. The van der Waals surface area contributed by atoms with E-state index in [2.05, 4.69) is 142 Å². The molecule has 1 unspecified atom stereocenters. The summed E-state index contributed by atoms with van der Waals surface area (Å²) in [6.45, 7) is 6.09. The Kier molecular flexibility index (Phi) is 52.8. The zero-order chi connectivity index (χ0) is 52.2. The second-order valence-corrected chi connectivity index (χ2v) is 16.8. The molecule has 0 aliphatic rings. The number of allylic oxidation sites excluding steroid dienone is 34. The quantitative estimate of drug-likeness (QED) is 0.0199. The van der Waals surface area contributed by atoms with Gasteiger partial charge in [0.05, 0.1) is 0 Å². The second-order valence-electron chi connectivity index (χ2n) is 16.8. The number of rotatable bonds is 45. The summed E-state index contributed by atoms with van der Waals surface area (Å²) < 4.78 is 16.7. The number of ether oxygens (including phenoxy) is 3. The lowest BCUT2D eigenvalue weighted by molar-refractivity contribution is -0.166. The van der Waals surface area contributed by atoms with Gasteiger partial charge in [0.1, 0.15) is 13.2 Å². The fraction of sp³-hybridized carbons (Fsp3) is 0.439. The number of unbranched alkanes of at least 4 members (excludes halogenated alkanes) is 6. The van der Waals surface area contributed by atoms with Crippen LogP contribution < -0.4 is 0 Å². The van der Waals surface area contributed by atoms with E-state index in [1.165, 1.54) is 0 Å². The molecule has 0 spiro atoms. The molecule has 0 saturated heterocycles. The van der Waals surface area contributed by atoms with Gasteiger partial charge in [-0.15, -0.1) is 0 Å². The zero-order valence-electron chi connectivity index (χ0n) is 44.8. The standard InChI is InChI=1S/C66H94O6/c1-4-7-10-13-16-19-22-25-28-31-33-35-38-41-44-47-50-53-56-59-65(68)71-62-63(61-70-64(67)58-55-52-49-46-43-40-37-30-27-24-21-18-15-12-9-6-3)72-66(69)60-57-54-51-48-45-42-39-36-34-32-29-26-23-20-17-14-11-8-5-2/h7-13,16-22,25-31,33-36,38,40-45,51,54,63H,4-6,14-15,23-24,32,37,39,46-50,52-53,55-62H2,1-3H3/b10-7-,11-8-,12-9-,16-13-,20-17-,21-18-,22-19-,28-25-,29-26-,30-27-,33-31+,36-34-,38-35-,43-40-,44-41-,45-42-,54-51-. The predicted molar refractivity (Wildman–Crippen MR) is 310 cm³/mol. The summed E-state index contributed by atoms with van der Waals surface area (Å²) >= 11 is 0. The number of esters is 3. The van der Waals surface area contributed by atoms with Crippen molar-refractivity contribution in [3.63, 3.8) is 0 Å². The lowest BCUT2D eigenvalue weighted by Gasteiger charge is -2.18. The predicted octanol–water partition coefficient (Wildman–Crippen LogP) is 18.5. The molecule has 6 heteroatoms. The van der Waals surface area contributed by atoms with Gasteiger partial charge < -0.3 is 14.2 Å².